The number of phenolic OH excluding ortho intramolecular Hbond substituents is 1. The molecule has 0 bridgehead atoms. The van der Waals surface area contributed by atoms with Gasteiger partial charge in [-0.05, 0) is 48.4 Å². The molecule has 0 aliphatic carbocycles. The predicted octanol–water partition coefficient (Wildman–Crippen LogP) is 4.05. The number of nitrogens with zero attached hydrogens (tertiary/aromatic N) is 1. The van der Waals surface area contributed by atoms with E-state index in [1.165, 1.54) is 35.4 Å². The van der Waals surface area contributed by atoms with E-state index >= 15 is 0 Å². The van der Waals surface area contributed by atoms with E-state index < -0.39 is 29.3 Å². The summed E-state index contributed by atoms with van der Waals surface area (Å²) in [5.74, 6) is -2.21. The fourth-order valence-corrected chi connectivity index (χ4v) is 3.51. The van der Waals surface area contributed by atoms with Crippen LogP contribution in [0.4, 0.5) is 4.39 Å². The van der Waals surface area contributed by atoms with Crippen LogP contribution in [0.5, 0.6) is 5.75 Å². The van der Waals surface area contributed by atoms with Crippen molar-refractivity contribution >= 4 is 17.4 Å². The smallest absolute Gasteiger partial charge is 0.296 e. The number of amides is 1. The van der Waals surface area contributed by atoms with E-state index in [1.54, 1.807) is 31.2 Å². The Kier molecular flexibility index (Phi) is 4.87. The molecule has 0 spiro atoms. The van der Waals surface area contributed by atoms with Gasteiger partial charge in [0, 0.05) is 5.56 Å². The van der Waals surface area contributed by atoms with Crippen LogP contribution in [0.15, 0.2) is 70.9 Å². The SMILES string of the molecule is Cc1ccc(/C(O)=C2/C(=O)C(=O)N(Cc3ccco3)C2c2ccc(O)cc2)cc1F. The van der Waals surface area contributed by atoms with Gasteiger partial charge in [0.1, 0.15) is 23.1 Å². The van der Waals surface area contributed by atoms with Gasteiger partial charge in [0.15, 0.2) is 0 Å². The Morgan fingerprint density at radius 3 is 2.50 bits per heavy atom. The molecular formula is C23H18FNO5. The van der Waals surface area contributed by atoms with Crippen LogP contribution in [-0.2, 0) is 16.1 Å². The molecular weight excluding hydrogens is 389 g/mol. The first-order chi connectivity index (χ1) is 14.4. The van der Waals surface area contributed by atoms with E-state index in [1.807, 2.05) is 0 Å². The number of aliphatic hydroxyl groups excluding tert-OH is 1. The number of hydrogen-bond acceptors (Lipinski definition) is 5. The minimum absolute atomic E-state index is 0.00214. The van der Waals surface area contributed by atoms with Crippen molar-refractivity contribution in [3.05, 3.63) is 94.7 Å². The Bertz CT molecular complexity index is 1150. The number of aryl methyl sites for hydroxylation is 1. The van der Waals surface area contributed by atoms with Crippen LogP contribution in [0.25, 0.3) is 5.76 Å². The van der Waals surface area contributed by atoms with Gasteiger partial charge in [0.2, 0.25) is 0 Å². The fraction of sp³-hybridized carbons (Fsp3) is 0.130. The first-order valence-corrected chi connectivity index (χ1v) is 9.23. The zero-order valence-corrected chi connectivity index (χ0v) is 16.0. The number of halogens is 1. The number of benzene rings is 2. The van der Waals surface area contributed by atoms with E-state index in [2.05, 4.69) is 0 Å². The number of phenols is 1. The highest BCUT2D eigenvalue weighted by molar-refractivity contribution is 6.46. The molecule has 1 aromatic heterocycles. The van der Waals surface area contributed by atoms with Crippen molar-refractivity contribution in [2.45, 2.75) is 19.5 Å². The standard InChI is InChI=1S/C23H18FNO5/c1-13-4-5-15(11-18(13)24)21(27)19-20(14-6-8-16(26)9-7-14)25(23(29)22(19)28)12-17-3-2-10-30-17/h2-11,20,26-27H,12H2,1H3/b21-19-. The molecule has 4 rings (SSSR count). The van der Waals surface area contributed by atoms with Gasteiger partial charge >= 0.3 is 0 Å². The molecule has 2 N–H and O–H groups in total. The summed E-state index contributed by atoms with van der Waals surface area (Å²) in [6.07, 6.45) is 1.45. The lowest BCUT2D eigenvalue weighted by atomic mass is 9.95. The number of ketones is 1. The number of Topliss-reactive ketones (excluding diaryl/α,β-unsaturated/α-hetero) is 1. The minimum atomic E-state index is -0.930. The topological polar surface area (TPSA) is 91.0 Å². The van der Waals surface area contributed by atoms with Crippen molar-refractivity contribution in [2.24, 2.45) is 0 Å². The maximum Gasteiger partial charge on any atom is 0.296 e. The molecule has 7 heteroatoms. The zero-order chi connectivity index (χ0) is 21.4. The molecule has 6 nitrogen and oxygen atoms in total. The van der Waals surface area contributed by atoms with Crippen molar-refractivity contribution in [2.75, 3.05) is 0 Å². The van der Waals surface area contributed by atoms with E-state index in [-0.39, 0.29) is 23.4 Å². The van der Waals surface area contributed by atoms with E-state index in [4.69, 9.17) is 4.42 Å². The Balaban J connectivity index is 1.87. The summed E-state index contributed by atoms with van der Waals surface area (Å²) in [7, 11) is 0. The minimum Gasteiger partial charge on any atom is -0.508 e. The second-order valence-electron chi connectivity index (χ2n) is 7.06. The van der Waals surface area contributed by atoms with Crippen molar-refractivity contribution < 1.29 is 28.6 Å². The van der Waals surface area contributed by atoms with Gasteiger partial charge in [-0.15, -0.1) is 0 Å². The summed E-state index contributed by atoms with van der Waals surface area (Å²) >= 11 is 0. The quantitative estimate of drug-likeness (QED) is 0.387. The first-order valence-electron chi connectivity index (χ1n) is 9.23. The molecule has 1 amide bonds. The van der Waals surface area contributed by atoms with Gasteiger partial charge in [-0.1, -0.05) is 24.3 Å². The van der Waals surface area contributed by atoms with Crippen LogP contribution in [-0.4, -0.2) is 26.8 Å². The third-order valence-electron chi connectivity index (χ3n) is 5.10. The van der Waals surface area contributed by atoms with Crippen LogP contribution in [0.1, 0.15) is 28.5 Å². The molecule has 2 heterocycles. The summed E-state index contributed by atoms with van der Waals surface area (Å²) in [4.78, 5) is 27.0. The second-order valence-corrected chi connectivity index (χ2v) is 7.06. The van der Waals surface area contributed by atoms with Gasteiger partial charge in [-0.25, -0.2) is 4.39 Å². The van der Waals surface area contributed by atoms with Crippen molar-refractivity contribution in [1.82, 2.24) is 4.90 Å². The second kappa shape index (κ2) is 7.51. The monoisotopic (exact) mass is 407 g/mol. The Labute approximate surface area is 171 Å². The summed E-state index contributed by atoms with van der Waals surface area (Å²) < 4.78 is 19.4. The largest absolute Gasteiger partial charge is 0.508 e. The van der Waals surface area contributed by atoms with Crippen molar-refractivity contribution in [3.8, 4) is 5.75 Å². The van der Waals surface area contributed by atoms with Crippen molar-refractivity contribution in [1.29, 1.82) is 0 Å². The predicted molar refractivity (Wildman–Crippen MR) is 106 cm³/mol. The lowest BCUT2D eigenvalue weighted by Crippen LogP contribution is -2.29. The number of aromatic hydroxyl groups is 1. The van der Waals surface area contributed by atoms with Gasteiger partial charge in [0.05, 0.1) is 24.4 Å². The molecule has 0 radical (unpaired) electrons. The third-order valence-corrected chi connectivity index (χ3v) is 5.10. The molecule has 3 aromatic rings. The fourth-order valence-electron chi connectivity index (χ4n) is 3.51. The maximum atomic E-state index is 14.1. The molecule has 1 fully saturated rings. The van der Waals surface area contributed by atoms with Gasteiger partial charge in [-0.2, -0.15) is 0 Å². The van der Waals surface area contributed by atoms with Gasteiger partial charge < -0.3 is 19.5 Å². The van der Waals surface area contributed by atoms with E-state index in [0.29, 0.717) is 16.9 Å². The molecule has 1 aliphatic heterocycles. The average Bonchev–Trinajstić information content (AvgIpc) is 3.33. The molecule has 152 valence electrons. The highest BCUT2D eigenvalue weighted by atomic mass is 19.1. The van der Waals surface area contributed by atoms with Gasteiger partial charge in [0.25, 0.3) is 11.7 Å². The number of hydrogen-bond donors (Lipinski definition) is 2. The van der Waals surface area contributed by atoms with Crippen LogP contribution in [0.3, 0.4) is 0 Å². The lowest BCUT2D eigenvalue weighted by Gasteiger charge is -2.24. The highest BCUT2D eigenvalue weighted by Crippen LogP contribution is 2.40. The van der Waals surface area contributed by atoms with Crippen LogP contribution >= 0.6 is 0 Å². The Morgan fingerprint density at radius 1 is 1.13 bits per heavy atom. The average molecular weight is 407 g/mol. The molecule has 30 heavy (non-hydrogen) atoms. The van der Waals surface area contributed by atoms with Gasteiger partial charge in [-0.3, -0.25) is 9.59 Å². The number of rotatable bonds is 4. The maximum absolute atomic E-state index is 14.1. The number of carbonyl (C=O) groups is 2. The number of furan rings is 1. The summed E-state index contributed by atoms with van der Waals surface area (Å²) in [5, 5.41) is 20.5. The van der Waals surface area contributed by atoms with E-state index in [0.717, 1.165) is 6.07 Å². The normalized spacial score (nSPS) is 18.2. The Hall–Kier alpha value is -3.87. The summed E-state index contributed by atoms with van der Waals surface area (Å²) in [6.45, 7) is 1.58. The summed E-state index contributed by atoms with van der Waals surface area (Å²) in [6, 6.07) is 12.5. The molecule has 1 aliphatic rings. The Morgan fingerprint density at radius 2 is 1.87 bits per heavy atom. The number of likely N-dealkylation sites (tertiary alicyclic amines) is 1. The number of carbonyl (C=O) groups excluding carboxylic acids is 2. The molecule has 1 atom stereocenters. The first kappa shape index (κ1) is 19.4. The van der Waals surface area contributed by atoms with Crippen molar-refractivity contribution in [3.63, 3.8) is 0 Å². The van der Waals surface area contributed by atoms with E-state index in [9.17, 15) is 24.2 Å². The highest BCUT2D eigenvalue weighted by Gasteiger charge is 2.46. The van der Waals surface area contributed by atoms with Crippen LogP contribution in [0.2, 0.25) is 0 Å². The molecule has 1 saturated heterocycles. The molecule has 2 aromatic carbocycles. The summed E-state index contributed by atoms with van der Waals surface area (Å²) in [5.41, 5.74) is 0.839. The zero-order valence-electron chi connectivity index (χ0n) is 16.0. The van der Waals surface area contributed by atoms with Crippen LogP contribution in [0, 0.1) is 12.7 Å². The number of aliphatic hydroxyl groups is 1. The lowest BCUT2D eigenvalue weighted by molar-refractivity contribution is -0.140. The molecule has 0 saturated carbocycles. The third kappa shape index (κ3) is 3.34. The van der Waals surface area contributed by atoms with Crippen LogP contribution < -0.4 is 0 Å². The molecule has 1 unspecified atom stereocenters.